The van der Waals surface area contributed by atoms with E-state index in [1.165, 1.54) is 0 Å². The van der Waals surface area contributed by atoms with E-state index in [1.54, 1.807) is 46.9 Å². The standard InChI is InChI=1S/C27H26N6O2S/c1-17-10-13-33(26(35)24(17)32-12-11-23-19(16-32)15-29-27(28)31-23)21-8-6-20(7-9-21)30-25(34)18-4-3-5-22(14-18)36-2/h3-10,13-15H,11-12,16H2,1-2H3,(H,30,34)(H2,28,29,31). The van der Waals surface area contributed by atoms with Crippen LogP contribution in [0.25, 0.3) is 5.69 Å². The van der Waals surface area contributed by atoms with Crippen molar-refractivity contribution in [2.75, 3.05) is 28.8 Å². The van der Waals surface area contributed by atoms with Crippen molar-refractivity contribution in [1.82, 2.24) is 14.5 Å². The normalized spacial score (nSPS) is 12.8. The smallest absolute Gasteiger partial charge is 0.278 e. The Morgan fingerprint density at radius 3 is 2.72 bits per heavy atom. The maximum atomic E-state index is 13.6. The first-order valence-corrected chi connectivity index (χ1v) is 12.8. The summed E-state index contributed by atoms with van der Waals surface area (Å²) in [6.45, 7) is 3.17. The highest BCUT2D eigenvalue weighted by Crippen LogP contribution is 2.25. The number of pyridine rings is 1. The molecule has 36 heavy (non-hydrogen) atoms. The lowest BCUT2D eigenvalue weighted by atomic mass is 10.1. The lowest BCUT2D eigenvalue weighted by Crippen LogP contribution is -2.37. The van der Waals surface area contributed by atoms with Crippen molar-refractivity contribution in [2.24, 2.45) is 0 Å². The minimum Gasteiger partial charge on any atom is -0.368 e. The first-order chi connectivity index (χ1) is 17.4. The molecule has 0 bridgehead atoms. The van der Waals surface area contributed by atoms with Crippen molar-refractivity contribution < 1.29 is 4.79 Å². The number of amides is 1. The van der Waals surface area contributed by atoms with E-state index in [-0.39, 0.29) is 17.4 Å². The SMILES string of the molecule is CSc1cccc(C(=O)Nc2ccc(-n3ccc(C)c(N4CCc5nc(N)ncc5C4)c3=O)cc2)c1. The van der Waals surface area contributed by atoms with Crippen LogP contribution < -0.4 is 21.5 Å². The predicted octanol–water partition coefficient (Wildman–Crippen LogP) is 4.06. The van der Waals surface area contributed by atoms with Crippen molar-refractivity contribution in [3.05, 3.63) is 99.7 Å². The van der Waals surface area contributed by atoms with Crippen molar-refractivity contribution in [3.63, 3.8) is 0 Å². The second kappa shape index (κ2) is 9.87. The van der Waals surface area contributed by atoms with Crippen LogP contribution in [0.1, 0.15) is 27.2 Å². The fourth-order valence-corrected chi connectivity index (χ4v) is 4.86. The van der Waals surface area contributed by atoms with Crippen LogP contribution in [0.2, 0.25) is 0 Å². The molecule has 0 unspecified atom stereocenters. The largest absolute Gasteiger partial charge is 0.368 e. The van der Waals surface area contributed by atoms with E-state index in [2.05, 4.69) is 20.2 Å². The Balaban J connectivity index is 1.38. The van der Waals surface area contributed by atoms with Crippen molar-refractivity contribution in [2.45, 2.75) is 24.8 Å². The topological polar surface area (TPSA) is 106 Å². The molecule has 0 spiro atoms. The summed E-state index contributed by atoms with van der Waals surface area (Å²) >= 11 is 1.59. The number of nitrogens with one attached hydrogen (secondary N) is 1. The van der Waals surface area contributed by atoms with Crippen LogP contribution in [0.3, 0.4) is 0 Å². The highest BCUT2D eigenvalue weighted by molar-refractivity contribution is 7.98. The Bertz CT molecular complexity index is 1500. The highest BCUT2D eigenvalue weighted by atomic mass is 32.2. The molecule has 8 nitrogen and oxygen atoms in total. The molecule has 182 valence electrons. The van der Waals surface area contributed by atoms with E-state index in [9.17, 15) is 9.59 Å². The lowest BCUT2D eigenvalue weighted by Gasteiger charge is -2.30. The second-order valence-corrected chi connectivity index (χ2v) is 9.51. The predicted molar refractivity (Wildman–Crippen MR) is 144 cm³/mol. The van der Waals surface area contributed by atoms with Crippen LogP contribution in [0.4, 0.5) is 17.3 Å². The van der Waals surface area contributed by atoms with Gasteiger partial charge in [0.1, 0.15) is 5.69 Å². The molecule has 2 aromatic heterocycles. The van der Waals surface area contributed by atoms with Gasteiger partial charge in [0, 0.05) is 59.3 Å². The van der Waals surface area contributed by atoms with Crippen LogP contribution >= 0.6 is 11.8 Å². The molecule has 0 saturated carbocycles. The number of fused-ring (bicyclic) bond motifs is 1. The Morgan fingerprint density at radius 2 is 1.94 bits per heavy atom. The number of nitrogen functional groups attached to an aromatic ring is 1. The van der Waals surface area contributed by atoms with Gasteiger partial charge in [0.2, 0.25) is 5.95 Å². The van der Waals surface area contributed by atoms with Gasteiger partial charge in [-0.05, 0) is 67.3 Å². The highest BCUT2D eigenvalue weighted by Gasteiger charge is 2.23. The van der Waals surface area contributed by atoms with Gasteiger partial charge < -0.3 is 16.0 Å². The van der Waals surface area contributed by atoms with Gasteiger partial charge in [-0.2, -0.15) is 0 Å². The molecule has 2 aromatic carbocycles. The van der Waals surface area contributed by atoms with E-state index >= 15 is 0 Å². The van der Waals surface area contributed by atoms with E-state index in [0.717, 1.165) is 27.4 Å². The van der Waals surface area contributed by atoms with Gasteiger partial charge in [0.15, 0.2) is 0 Å². The minimum atomic E-state index is -0.176. The molecule has 0 radical (unpaired) electrons. The van der Waals surface area contributed by atoms with Gasteiger partial charge in [0.05, 0.1) is 5.69 Å². The maximum absolute atomic E-state index is 13.6. The van der Waals surface area contributed by atoms with Crippen molar-refractivity contribution >= 4 is 35.0 Å². The number of carbonyl (C=O) groups excluding carboxylic acids is 1. The number of nitrogens with two attached hydrogens (primary N) is 1. The molecular weight excluding hydrogens is 472 g/mol. The third-order valence-corrected chi connectivity index (χ3v) is 7.00. The number of aryl methyl sites for hydroxylation is 1. The number of rotatable bonds is 5. The van der Waals surface area contributed by atoms with E-state index in [4.69, 9.17) is 5.73 Å². The summed E-state index contributed by atoms with van der Waals surface area (Å²) in [7, 11) is 0. The first-order valence-electron chi connectivity index (χ1n) is 11.6. The average Bonchev–Trinajstić information content (AvgIpc) is 2.89. The molecule has 3 heterocycles. The summed E-state index contributed by atoms with van der Waals surface area (Å²) in [6, 6.07) is 16.7. The summed E-state index contributed by atoms with van der Waals surface area (Å²) in [6.07, 6.45) is 6.20. The summed E-state index contributed by atoms with van der Waals surface area (Å²) in [4.78, 5) is 37.8. The molecule has 5 rings (SSSR count). The van der Waals surface area contributed by atoms with E-state index < -0.39 is 0 Å². The van der Waals surface area contributed by atoms with Crippen LogP contribution in [0.5, 0.6) is 0 Å². The fourth-order valence-electron chi connectivity index (χ4n) is 4.40. The Kier molecular flexibility index (Phi) is 6.47. The molecule has 4 aromatic rings. The summed E-state index contributed by atoms with van der Waals surface area (Å²) in [5, 5.41) is 2.92. The Morgan fingerprint density at radius 1 is 1.14 bits per heavy atom. The molecule has 3 N–H and O–H groups in total. The van der Waals surface area contributed by atoms with Gasteiger partial charge in [-0.25, -0.2) is 9.97 Å². The number of hydrogen-bond acceptors (Lipinski definition) is 7. The van der Waals surface area contributed by atoms with Gasteiger partial charge in [0.25, 0.3) is 11.5 Å². The second-order valence-electron chi connectivity index (χ2n) is 8.63. The summed E-state index contributed by atoms with van der Waals surface area (Å²) in [5.74, 6) is 0.0955. The quantitative estimate of drug-likeness (QED) is 0.400. The molecule has 0 atom stereocenters. The fraction of sp³-hybridized carbons (Fsp3) is 0.185. The molecule has 0 aliphatic carbocycles. The molecular formula is C27H26N6O2S. The van der Waals surface area contributed by atoms with Gasteiger partial charge in [-0.1, -0.05) is 6.07 Å². The average molecular weight is 499 g/mol. The van der Waals surface area contributed by atoms with Crippen LogP contribution in [-0.4, -0.2) is 33.2 Å². The number of thioether (sulfide) groups is 1. The summed E-state index contributed by atoms with van der Waals surface area (Å²) < 4.78 is 1.63. The van der Waals surface area contributed by atoms with Crippen molar-refractivity contribution in [3.8, 4) is 5.69 Å². The molecule has 1 amide bonds. The number of hydrogen-bond donors (Lipinski definition) is 2. The number of benzene rings is 2. The Hall–Kier alpha value is -4.11. The van der Waals surface area contributed by atoms with Crippen LogP contribution in [0.15, 0.2) is 76.7 Å². The zero-order chi connectivity index (χ0) is 25.2. The number of carbonyl (C=O) groups is 1. The lowest BCUT2D eigenvalue weighted by molar-refractivity contribution is 0.102. The zero-order valence-electron chi connectivity index (χ0n) is 20.1. The number of anilines is 3. The van der Waals surface area contributed by atoms with Gasteiger partial charge in [-0.15, -0.1) is 11.8 Å². The number of aromatic nitrogens is 3. The monoisotopic (exact) mass is 498 g/mol. The zero-order valence-corrected chi connectivity index (χ0v) is 20.9. The van der Waals surface area contributed by atoms with Crippen LogP contribution in [-0.2, 0) is 13.0 Å². The number of nitrogens with zero attached hydrogens (tertiary/aromatic N) is 4. The molecule has 0 saturated heterocycles. The molecule has 1 aliphatic rings. The van der Waals surface area contributed by atoms with E-state index in [1.807, 2.05) is 49.6 Å². The summed E-state index contributed by atoms with van der Waals surface area (Å²) in [5.41, 5.74) is 11.1. The molecule has 9 heteroatoms. The van der Waals surface area contributed by atoms with Crippen molar-refractivity contribution in [1.29, 1.82) is 0 Å². The first kappa shape index (κ1) is 23.6. The third-order valence-electron chi connectivity index (χ3n) is 6.27. The molecule has 0 fully saturated rings. The molecule has 1 aliphatic heterocycles. The maximum Gasteiger partial charge on any atom is 0.278 e. The van der Waals surface area contributed by atoms with E-state index in [0.29, 0.717) is 36.4 Å². The van der Waals surface area contributed by atoms with Crippen LogP contribution in [0, 0.1) is 6.92 Å². The Labute approximate surface area is 213 Å². The van der Waals surface area contributed by atoms with Gasteiger partial charge >= 0.3 is 0 Å². The minimum absolute atomic E-state index is 0.0968. The third kappa shape index (κ3) is 4.70. The van der Waals surface area contributed by atoms with Gasteiger partial charge in [-0.3, -0.25) is 14.2 Å².